The molecule has 128 valence electrons. The molecule has 0 saturated heterocycles. The van der Waals surface area contributed by atoms with Crippen molar-refractivity contribution < 1.29 is 9.18 Å². The van der Waals surface area contributed by atoms with Crippen molar-refractivity contribution in [3.8, 4) is 5.82 Å². The fraction of sp³-hybridized carbons (Fsp3) is 0.167. The number of carbonyl (C=O) groups is 1. The Morgan fingerprint density at radius 3 is 2.76 bits per heavy atom. The highest BCUT2D eigenvalue weighted by molar-refractivity contribution is 6.31. The van der Waals surface area contributed by atoms with Crippen LogP contribution in [0.3, 0.4) is 0 Å². The first-order chi connectivity index (χ1) is 12.0. The summed E-state index contributed by atoms with van der Waals surface area (Å²) >= 11 is 6.04. The van der Waals surface area contributed by atoms with Gasteiger partial charge in [0.25, 0.3) is 5.91 Å². The molecule has 25 heavy (non-hydrogen) atoms. The molecule has 5 nitrogen and oxygen atoms in total. The standard InChI is InChI=1S/C18H16ClFN4O/c1-12-13(10-22-24(12)17-8-3-4-9-21-17)18(25)23(2)11-14-15(19)6-5-7-16(14)20/h3-10H,11H2,1-2H3. The molecule has 0 aliphatic rings. The van der Waals surface area contributed by atoms with Crippen LogP contribution in [0.15, 0.2) is 48.8 Å². The third-order valence-corrected chi connectivity index (χ3v) is 4.26. The van der Waals surface area contributed by atoms with Gasteiger partial charge in [-0.1, -0.05) is 23.7 Å². The van der Waals surface area contributed by atoms with Gasteiger partial charge in [-0.3, -0.25) is 4.79 Å². The first-order valence-electron chi connectivity index (χ1n) is 7.63. The van der Waals surface area contributed by atoms with Gasteiger partial charge in [0.05, 0.1) is 17.5 Å². The second-order valence-corrected chi connectivity index (χ2v) is 6.01. The van der Waals surface area contributed by atoms with E-state index in [9.17, 15) is 9.18 Å². The van der Waals surface area contributed by atoms with Crippen molar-refractivity contribution in [2.75, 3.05) is 7.05 Å². The summed E-state index contributed by atoms with van der Waals surface area (Å²) in [7, 11) is 1.60. The van der Waals surface area contributed by atoms with Crippen molar-refractivity contribution in [1.29, 1.82) is 0 Å². The van der Waals surface area contributed by atoms with E-state index in [0.717, 1.165) is 0 Å². The molecular weight excluding hydrogens is 343 g/mol. The van der Waals surface area contributed by atoms with Gasteiger partial charge in [-0.25, -0.2) is 14.1 Å². The zero-order valence-electron chi connectivity index (χ0n) is 13.8. The van der Waals surface area contributed by atoms with Crippen LogP contribution in [-0.4, -0.2) is 32.6 Å². The van der Waals surface area contributed by atoms with Gasteiger partial charge in [-0.05, 0) is 31.2 Å². The first-order valence-corrected chi connectivity index (χ1v) is 8.01. The molecule has 0 fully saturated rings. The van der Waals surface area contributed by atoms with Crippen molar-refractivity contribution in [2.45, 2.75) is 13.5 Å². The normalized spacial score (nSPS) is 10.7. The molecule has 3 rings (SSSR count). The predicted molar refractivity (Wildman–Crippen MR) is 93.3 cm³/mol. The number of hydrogen-bond donors (Lipinski definition) is 0. The van der Waals surface area contributed by atoms with Gasteiger partial charge in [-0.15, -0.1) is 0 Å². The van der Waals surface area contributed by atoms with Crippen molar-refractivity contribution in [3.63, 3.8) is 0 Å². The molecule has 2 heterocycles. The van der Waals surface area contributed by atoms with Crippen LogP contribution in [0.2, 0.25) is 5.02 Å². The molecule has 3 aromatic rings. The number of halogens is 2. The summed E-state index contributed by atoms with van der Waals surface area (Å²) < 4.78 is 15.5. The lowest BCUT2D eigenvalue weighted by atomic mass is 10.1. The lowest BCUT2D eigenvalue weighted by Gasteiger charge is -2.18. The Kier molecular flexibility index (Phi) is 4.81. The van der Waals surface area contributed by atoms with Crippen molar-refractivity contribution in [2.24, 2.45) is 0 Å². The van der Waals surface area contributed by atoms with E-state index in [1.54, 1.807) is 43.0 Å². The Morgan fingerprint density at radius 2 is 2.08 bits per heavy atom. The van der Waals surface area contributed by atoms with Crippen LogP contribution in [0.4, 0.5) is 4.39 Å². The van der Waals surface area contributed by atoms with E-state index in [1.165, 1.54) is 23.2 Å². The number of aromatic nitrogens is 3. The third kappa shape index (κ3) is 3.39. The van der Waals surface area contributed by atoms with Crippen LogP contribution in [0.25, 0.3) is 5.82 Å². The maximum atomic E-state index is 13.9. The molecule has 0 unspecified atom stereocenters. The molecule has 1 aromatic carbocycles. The highest BCUT2D eigenvalue weighted by atomic mass is 35.5. The van der Waals surface area contributed by atoms with Gasteiger partial charge in [0.2, 0.25) is 0 Å². The number of pyridine rings is 1. The number of hydrogen-bond acceptors (Lipinski definition) is 3. The number of rotatable bonds is 4. The summed E-state index contributed by atoms with van der Waals surface area (Å²) in [4.78, 5) is 18.4. The van der Waals surface area contributed by atoms with Crippen LogP contribution in [0.1, 0.15) is 21.6 Å². The number of benzene rings is 1. The van der Waals surface area contributed by atoms with E-state index < -0.39 is 5.82 Å². The molecular formula is C18H16ClFN4O. The van der Waals surface area contributed by atoms with Crippen LogP contribution < -0.4 is 0 Å². The SMILES string of the molecule is Cc1c(C(=O)N(C)Cc2c(F)cccc2Cl)cnn1-c1ccccn1. The van der Waals surface area contributed by atoms with E-state index in [0.29, 0.717) is 22.1 Å². The van der Waals surface area contributed by atoms with E-state index >= 15 is 0 Å². The molecule has 0 aliphatic carbocycles. The average molecular weight is 359 g/mol. The van der Waals surface area contributed by atoms with Crippen molar-refractivity contribution in [1.82, 2.24) is 19.7 Å². The number of nitrogens with zero attached hydrogens (tertiary/aromatic N) is 4. The minimum absolute atomic E-state index is 0.0680. The smallest absolute Gasteiger partial charge is 0.257 e. The van der Waals surface area contributed by atoms with Gasteiger partial charge < -0.3 is 4.90 Å². The zero-order chi connectivity index (χ0) is 18.0. The van der Waals surface area contributed by atoms with Crippen LogP contribution in [-0.2, 0) is 6.54 Å². The minimum Gasteiger partial charge on any atom is -0.337 e. The minimum atomic E-state index is -0.437. The molecule has 7 heteroatoms. The molecule has 0 spiro atoms. The first kappa shape index (κ1) is 17.1. The van der Waals surface area contributed by atoms with Gasteiger partial charge in [-0.2, -0.15) is 5.10 Å². The fourth-order valence-electron chi connectivity index (χ4n) is 2.53. The maximum absolute atomic E-state index is 13.9. The summed E-state index contributed by atoms with van der Waals surface area (Å²) in [5, 5.41) is 4.53. The lowest BCUT2D eigenvalue weighted by Crippen LogP contribution is -2.27. The summed E-state index contributed by atoms with van der Waals surface area (Å²) in [5.74, 6) is -0.0779. The molecule has 0 aliphatic heterocycles. The molecule has 0 radical (unpaired) electrons. The Hall–Kier alpha value is -2.73. The number of amides is 1. The van der Waals surface area contributed by atoms with Gasteiger partial charge in [0, 0.05) is 30.4 Å². The summed E-state index contributed by atoms with van der Waals surface area (Å²) in [6.07, 6.45) is 3.15. The van der Waals surface area contributed by atoms with E-state index in [2.05, 4.69) is 10.1 Å². The van der Waals surface area contributed by atoms with Gasteiger partial charge in [0.1, 0.15) is 5.82 Å². The summed E-state index contributed by atoms with van der Waals surface area (Å²) in [6.45, 7) is 1.86. The largest absolute Gasteiger partial charge is 0.337 e. The molecule has 0 bridgehead atoms. The van der Waals surface area contributed by atoms with Crippen LogP contribution in [0, 0.1) is 12.7 Å². The molecule has 0 N–H and O–H groups in total. The second kappa shape index (κ2) is 7.03. The molecule has 1 amide bonds. The maximum Gasteiger partial charge on any atom is 0.257 e. The quantitative estimate of drug-likeness (QED) is 0.715. The fourth-order valence-corrected chi connectivity index (χ4v) is 2.75. The van der Waals surface area contributed by atoms with Crippen LogP contribution >= 0.6 is 11.6 Å². The zero-order valence-corrected chi connectivity index (χ0v) is 14.5. The van der Waals surface area contributed by atoms with Gasteiger partial charge >= 0.3 is 0 Å². The summed E-state index contributed by atoms with van der Waals surface area (Å²) in [6, 6.07) is 9.91. The van der Waals surface area contributed by atoms with E-state index in [1.807, 2.05) is 6.07 Å². The van der Waals surface area contributed by atoms with Crippen molar-refractivity contribution in [3.05, 3.63) is 76.5 Å². The van der Waals surface area contributed by atoms with E-state index in [4.69, 9.17) is 11.6 Å². The highest BCUT2D eigenvalue weighted by Gasteiger charge is 2.20. The van der Waals surface area contributed by atoms with E-state index in [-0.39, 0.29) is 18.0 Å². The predicted octanol–water partition coefficient (Wildman–Crippen LogP) is 3.64. The molecule has 0 saturated carbocycles. The monoisotopic (exact) mass is 358 g/mol. The molecule has 0 atom stereocenters. The number of carbonyl (C=O) groups excluding carboxylic acids is 1. The second-order valence-electron chi connectivity index (χ2n) is 5.60. The van der Waals surface area contributed by atoms with Gasteiger partial charge in [0.15, 0.2) is 5.82 Å². The Bertz CT molecular complexity index is 890. The Morgan fingerprint density at radius 1 is 1.28 bits per heavy atom. The van der Waals surface area contributed by atoms with Crippen molar-refractivity contribution >= 4 is 17.5 Å². The molecule has 2 aromatic heterocycles. The topological polar surface area (TPSA) is 51.0 Å². The Balaban J connectivity index is 1.85. The van der Waals surface area contributed by atoms with Crippen LogP contribution in [0.5, 0.6) is 0 Å². The average Bonchev–Trinajstić information content (AvgIpc) is 2.99. The summed E-state index contributed by atoms with van der Waals surface area (Å²) in [5.41, 5.74) is 1.38. The highest BCUT2D eigenvalue weighted by Crippen LogP contribution is 2.22. The Labute approximate surface area is 149 Å². The lowest BCUT2D eigenvalue weighted by molar-refractivity contribution is 0.0783. The third-order valence-electron chi connectivity index (χ3n) is 3.91.